The average molecular weight is 269 g/mol. The molecule has 1 atom stereocenters. The van der Waals surface area contributed by atoms with Crippen molar-refractivity contribution in [2.45, 2.75) is 63.4 Å². The molecule has 0 amide bonds. The van der Waals surface area contributed by atoms with Crippen LogP contribution in [0.25, 0.3) is 0 Å². The largest absolute Gasteiger partial charge is 0.388 e. The van der Waals surface area contributed by atoms with Crippen molar-refractivity contribution in [2.24, 2.45) is 5.41 Å². The summed E-state index contributed by atoms with van der Waals surface area (Å²) < 4.78 is 0. The van der Waals surface area contributed by atoms with Gasteiger partial charge in [0.1, 0.15) is 0 Å². The second-order valence-electron chi connectivity index (χ2n) is 6.59. The quantitative estimate of drug-likeness (QED) is 0.789. The molecule has 0 aromatic heterocycles. The smallest absolute Gasteiger partial charge is 0.0876 e. The molecule has 3 rings (SSSR count). The van der Waals surface area contributed by atoms with E-state index in [1.807, 2.05) is 6.07 Å². The molecule has 2 nitrogen and oxygen atoms in total. The first-order valence-corrected chi connectivity index (χ1v) is 7.90. The molecule has 1 N–H and O–H groups in total. The maximum Gasteiger partial charge on any atom is 0.0876 e. The van der Waals surface area contributed by atoms with Gasteiger partial charge in [-0.05, 0) is 36.8 Å². The number of rotatable bonds is 1. The summed E-state index contributed by atoms with van der Waals surface area (Å²) in [6, 6.07) is 10.9. The van der Waals surface area contributed by atoms with Crippen molar-refractivity contribution in [3.8, 4) is 6.07 Å². The van der Waals surface area contributed by atoms with Gasteiger partial charge in [-0.2, -0.15) is 5.26 Å². The van der Waals surface area contributed by atoms with E-state index in [0.29, 0.717) is 6.42 Å². The number of hydrogen-bond acceptors (Lipinski definition) is 2. The van der Waals surface area contributed by atoms with Crippen LogP contribution in [0, 0.1) is 16.7 Å². The third-order valence-corrected chi connectivity index (χ3v) is 5.47. The number of nitriles is 1. The Bertz CT molecular complexity index is 522. The Morgan fingerprint density at radius 3 is 2.25 bits per heavy atom. The standard InChI is InChI=1S/C18H23NO/c19-14-17(10-5-1-2-6-11-17)18(20)12-9-15-7-3-4-8-16(15)13-18/h3-4,7-8,20H,1-2,5-6,9-13H2. The van der Waals surface area contributed by atoms with Crippen LogP contribution >= 0.6 is 0 Å². The van der Waals surface area contributed by atoms with Crippen molar-refractivity contribution in [1.82, 2.24) is 0 Å². The molecule has 0 radical (unpaired) electrons. The monoisotopic (exact) mass is 269 g/mol. The lowest BCUT2D eigenvalue weighted by molar-refractivity contribution is -0.0733. The van der Waals surface area contributed by atoms with Gasteiger partial charge in [0.15, 0.2) is 0 Å². The van der Waals surface area contributed by atoms with Crippen molar-refractivity contribution in [3.05, 3.63) is 35.4 Å². The predicted octanol–water partition coefficient (Wildman–Crippen LogP) is 3.77. The highest BCUT2D eigenvalue weighted by molar-refractivity contribution is 5.33. The fourth-order valence-electron chi connectivity index (χ4n) is 4.14. The van der Waals surface area contributed by atoms with Crippen LogP contribution < -0.4 is 0 Å². The molecule has 2 aliphatic rings. The van der Waals surface area contributed by atoms with Gasteiger partial charge in [-0.15, -0.1) is 0 Å². The van der Waals surface area contributed by atoms with E-state index in [9.17, 15) is 10.4 Å². The van der Waals surface area contributed by atoms with Gasteiger partial charge in [0.2, 0.25) is 0 Å². The molecule has 1 aromatic carbocycles. The van der Waals surface area contributed by atoms with E-state index >= 15 is 0 Å². The molecule has 0 aliphatic heterocycles. The van der Waals surface area contributed by atoms with Crippen LogP contribution in [0.15, 0.2) is 24.3 Å². The molecule has 0 heterocycles. The maximum atomic E-state index is 11.3. The minimum absolute atomic E-state index is 0.531. The SMILES string of the molecule is N#CC1(C2(O)CCc3ccccc3C2)CCCCCC1. The first-order valence-electron chi connectivity index (χ1n) is 7.90. The highest BCUT2D eigenvalue weighted by Crippen LogP contribution is 2.49. The van der Waals surface area contributed by atoms with Gasteiger partial charge in [0.25, 0.3) is 0 Å². The van der Waals surface area contributed by atoms with E-state index in [2.05, 4.69) is 24.3 Å². The van der Waals surface area contributed by atoms with Gasteiger partial charge in [-0.1, -0.05) is 49.9 Å². The Balaban J connectivity index is 1.94. The molecule has 1 fully saturated rings. The molecule has 20 heavy (non-hydrogen) atoms. The molecule has 2 aliphatic carbocycles. The van der Waals surface area contributed by atoms with Gasteiger partial charge in [0, 0.05) is 6.42 Å². The van der Waals surface area contributed by atoms with Crippen LogP contribution in [0.3, 0.4) is 0 Å². The van der Waals surface area contributed by atoms with Crippen LogP contribution in [0.1, 0.15) is 56.1 Å². The number of aliphatic hydroxyl groups is 1. The lowest BCUT2D eigenvalue weighted by Crippen LogP contribution is -2.51. The second kappa shape index (κ2) is 5.22. The summed E-state index contributed by atoms with van der Waals surface area (Å²) in [5.41, 5.74) is 1.22. The Kier molecular flexibility index (Phi) is 3.56. The summed E-state index contributed by atoms with van der Waals surface area (Å²) in [4.78, 5) is 0. The normalized spacial score (nSPS) is 29.0. The molecular formula is C18H23NO. The van der Waals surface area contributed by atoms with Crippen LogP contribution in [0.5, 0.6) is 0 Å². The first-order chi connectivity index (χ1) is 9.69. The summed E-state index contributed by atoms with van der Waals surface area (Å²) in [6.45, 7) is 0. The van der Waals surface area contributed by atoms with Crippen molar-refractivity contribution < 1.29 is 5.11 Å². The molecule has 1 saturated carbocycles. The topological polar surface area (TPSA) is 44.0 Å². The van der Waals surface area contributed by atoms with E-state index in [1.54, 1.807) is 0 Å². The molecule has 0 bridgehead atoms. The van der Waals surface area contributed by atoms with E-state index in [-0.39, 0.29) is 0 Å². The second-order valence-corrected chi connectivity index (χ2v) is 6.59. The molecular weight excluding hydrogens is 246 g/mol. The van der Waals surface area contributed by atoms with E-state index in [1.165, 1.54) is 24.0 Å². The van der Waals surface area contributed by atoms with Gasteiger partial charge >= 0.3 is 0 Å². The number of hydrogen-bond donors (Lipinski definition) is 1. The Hall–Kier alpha value is -1.33. The van der Waals surface area contributed by atoms with Gasteiger partial charge in [-0.3, -0.25) is 0 Å². The van der Waals surface area contributed by atoms with Crippen LogP contribution in [0.2, 0.25) is 0 Å². The highest BCUT2D eigenvalue weighted by Gasteiger charge is 2.51. The minimum Gasteiger partial charge on any atom is -0.388 e. The molecule has 106 valence electrons. The lowest BCUT2D eigenvalue weighted by atomic mass is 9.61. The predicted molar refractivity (Wildman–Crippen MR) is 79.2 cm³/mol. The van der Waals surface area contributed by atoms with Crippen molar-refractivity contribution in [3.63, 3.8) is 0 Å². The zero-order valence-corrected chi connectivity index (χ0v) is 12.1. The number of aryl methyl sites for hydroxylation is 1. The van der Waals surface area contributed by atoms with Crippen molar-refractivity contribution >= 4 is 0 Å². The Labute approximate surface area is 121 Å². The van der Waals surface area contributed by atoms with E-state index in [4.69, 9.17) is 0 Å². The van der Waals surface area contributed by atoms with Gasteiger partial charge < -0.3 is 5.11 Å². The molecule has 1 unspecified atom stereocenters. The first kappa shape index (κ1) is 13.6. The zero-order chi connectivity index (χ0) is 14.1. The lowest BCUT2D eigenvalue weighted by Gasteiger charge is -2.45. The number of benzene rings is 1. The molecule has 0 saturated heterocycles. The van der Waals surface area contributed by atoms with Crippen LogP contribution in [0.4, 0.5) is 0 Å². The van der Waals surface area contributed by atoms with Crippen molar-refractivity contribution in [2.75, 3.05) is 0 Å². The summed E-state index contributed by atoms with van der Waals surface area (Å²) in [5, 5.41) is 21.1. The maximum absolute atomic E-state index is 11.3. The highest BCUT2D eigenvalue weighted by atomic mass is 16.3. The fraction of sp³-hybridized carbons (Fsp3) is 0.611. The summed E-state index contributed by atoms with van der Waals surface area (Å²) in [7, 11) is 0. The Morgan fingerprint density at radius 1 is 0.950 bits per heavy atom. The van der Waals surface area contributed by atoms with Gasteiger partial charge in [-0.25, -0.2) is 0 Å². The third-order valence-electron chi connectivity index (χ3n) is 5.47. The summed E-state index contributed by atoms with van der Waals surface area (Å²) >= 11 is 0. The zero-order valence-electron chi connectivity index (χ0n) is 12.1. The van der Waals surface area contributed by atoms with Gasteiger partial charge in [0.05, 0.1) is 17.1 Å². The number of nitrogens with zero attached hydrogens (tertiary/aromatic N) is 1. The van der Waals surface area contributed by atoms with E-state index < -0.39 is 11.0 Å². The van der Waals surface area contributed by atoms with Crippen LogP contribution in [-0.2, 0) is 12.8 Å². The Morgan fingerprint density at radius 2 is 1.60 bits per heavy atom. The fourth-order valence-corrected chi connectivity index (χ4v) is 4.14. The average Bonchev–Trinajstić information content (AvgIpc) is 2.74. The molecule has 2 heteroatoms. The number of fused-ring (bicyclic) bond motifs is 1. The minimum atomic E-state index is -0.833. The van der Waals surface area contributed by atoms with Crippen LogP contribution in [-0.4, -0.2) is 10.7 Å². The molecule has 1 aromatic rings. The summed E-state index contributed by atoms with van der Waals surface area (Å²) in [5.74, 6) is 0. The van der Waals surface area contributed by atoms with Crippen molar-refractivity contribution in [1.29, 1.82) is 5.26 Å². The van der Waals surface area contributed by atoms with E-state index in [0.717, 1.165) is 38.5 Å². The third kappa shape index (κ3) is 2.15. The summed E-state index contributed by atoms with van der Waals surface area (Å²) in [6.07, 6.45) is 8.58. The molecule has 0 spiro atoms.